The number of benzene rings is 3. The van der Waals surface area contributed by atoms with Crippen molar-refractivity contribution in [3.8, 4) is 5.75 Å². The molecular weight excluding hydrogens is 519 g/mol. The van der Waals surface area contributed by atoms with Crippen molar-refractivity contribution in [1.29, 1.82) is 0 Å². The first-order chi connectivity index (χ1) is 20.0. The van der Waals surface area contributed by atoms with E-state index in [2.05, 4.69) is 9.88 Å². The van der Waals surface area contributed by atoms with Crippen LogP contribution in [0.15, 0.2) is 97.2 Å². The highest BCUT2D eigenvalue weighted by Gasteiger charge is 2.45. The lowest BCUT2D eigenvalue weighted by molar-refractivity contribution is -0.135. The third kappa shape index (κ3) is 5.25. The average molecular weight is 551 g/mol. The van der Waals surface area contributed by atoms with E-state index in [9.17, 15) is 14.0 Å². The summed E-state index contributed by atoms with van der Waals surface area (Å²) in [6.45, 7) is 2.68. The van der Waals surface area contributed by atoms with Crippen molar-refractivity contribution in [3.05, 3.63) is 125 Å². The number of carbonyl (C=O) groups excluding carboxylic acids is 2. The normalized spacial score (nSPS) is 18.7. The van der Waals surface area contributed by atoms with Gasteiger partial charge in [-0.25, -0.2) is 9.37 Å². The molecule has 0 spiro atoms. The van der Waals surface area contributed by atoms with Gasteiger partial charge < -0.3 is 19.4 Å². The van der Waals surface area contributed by atoms with Crippen molar-refractivity contribution in [3.63, 3.8) is 0 Å². The fourth-order valence-electron chi connectivity index (χ4n) is 5.89. The molecule has 6 rings (SSSR count). The van der Waals surface area contributed by atoms with E-state index in [1.54, 1.807) is 36.4 Å². The molecular formula is C33H31FN4O3. The van der Waals surface area contributed by atoms with Gasteiger partial charge in [-0.3, -0.25) is 9.59 Å². The van der Waals surface area contributed by atoms with E-state index >= 15 is 0 Å². The Morgan fingerprint density at radius 3 is 2.29 bits per heavy atom. The summed E-state index contributed by atoms with van der Waals surface area (Å²) in [5.41, 5.74) is 2.87. The van der Waals surface area contributed by atoms with E-state index < -0.39 is 12.0 Å². The lowest BCUT2D eigenvalue weighted by Crippen LogP contribution is -2.53. The van der Waals surface area contributed by atoms with Gasteiger partial charge in [-0.05, 0) is 59.2 Å². The summed E-state index contributed by atoms with van der Waals surface area (Å²) in [6, 6.07) is 26.4. The molecule has 0 radical (unpaired) electrons. The maximum atomic E-state index is 14.5. The van der Waals surface area contributed by atoms with Crippen LogP contribution in [0.2, 0.25) is 0 Å². The summed E-state index contributed by atoms with van der Waals surface area (Å²) in [5.74, 6) is 0.461. The van der Waals surface area contributed by atoms with Gasteiger partial charge in [-0.1, -0.05) is 48.5 Å². The lowest BCUT2D eigenvalue weighted by Gasteiger charge is -2.44. The van der Waals surface area contributed by atoms with Crippen LogP contribution in [-0.4, -0.2) is 59.9 Å². The topological polar surface area (TPSA) is 66.0 Å². The molecule has 0 unspecified atom stereocenters. The second-order valence-corrected chi connectivity index (χ2v) is 10.3. The van der Waals surface area contributed by atoms with E-state index in [4.69, 9.17) is 4.74 Å². The predicted octanol–water partition coefficient (Wildman–Crippen LogP) is 5.06. The van der Waals surface area contributed by atoms with Gasteiger partial charge in [0.15, 0.2) is 0 Å². The molecule has 7 nitrogen and oxygen atoms in total. The van der Waals surface area contributed by atoms with E-state index in [1.807, 2.05) is 65.6 Å². The number of piperazine rings is 1. The highest BCUT2D eigenvalue weighted by molar-refractivity contribution is 6.01. The number of ether oxygens (including phenoxy) is 1. The number of amides is 2. The minimum absolute atomic E-state index is 0.0180. The van der Waals surface area contributed by atoms with Crippen LogP contribution in [0.4, 0.5) is 10.2 Å². The highest BCUT2D eigenvalue weighted by atomic mass is 19.1. The van der Waals surface area contributed by atoms with Crippen LogP contribution >= 0.6 is 0 Å². The summed E-state index contributed by atoms with van der Waals surface area (Å²) in [4.78, 5) is 38.8. The van der Waals surface area contributed by atoms with E-state index in [-0.39, 0.29) is 24.2 Å². The van der Waals surface area contributed by atoms with Crippen molar-refractivity contribution in [1.82, 2.24) is 14.8 Å². The molecule has 208 valence electrons. The number of carbonyl (C=O) groups is 2. The fraction of sp³-hybridized carbons (Fsp3) is 0.242. The van der Waals surface area contributed by atoms with Crippen molar-refractivity contribution < 1.29 is 18.7 Å². The molecule has 2 atom stereocenters. The number of aromatic nitrogens is 1. The number of hydrogen-bond donors (Lipinski definition) is 0. The number of anilines is 1. The summed E-state index contributed by atoms with van der Waals surface area (Å²) in [5, 5.41) is 0. The monoisotopic (exact) mass is 550 g/mol. The van der Waals surface area contributed by atoms with Gasteiger partial charge in [0.05, 0.1) is 19.1 Å². The molecule has 4 aromatic rings. The summed E-state index contributed by atoms with van der Waals surface area (Å²) in [6.07, 6.45) is 1.78. The van der Waals surface area contributed by atoms with Gasteiger partial charge in [0.2, 0.25) is 5.91 Å². The smallest absolute Gasteiger partial charge is 0.255 e. The second-order valence-electron chi connectivity index (χ2n) is 10.3. The Hall–Kier alpha value is -4.72. The molecule has 8 heteroatoms. The quantitative estimate of drug-likeness (QED) is 0.336. The Morgan fingerprint density at radius 1 is 0.902 bits per heavy atom. The molecule has 1 fully saturated rings. The summed E-state index contributed by atoms with van der Waals surface area (Å²) in [7, 11) is 1.60. The van der Waals surface area contributed by atoms with Gasteiger partial charge in [0.25, 0.3) is 5.91 Å². The Morgan fingerprint density at radius 2 is 1.61 bits per heavy atom. The first-order valence-electron chi connectivity index (χ1n) is 13.8. The van der Waals surface area contributed by atoms with Crippen molar-refractivity contribution in [2.45, 2.75) is 18.5 Å². The number of nitrogens with zero attached hydrogens (tertiary/aromatic N) is 4. The number of halogens is 1. The largest absolute Gasteiger partial charge is 0.497 e. The molecule has 0 saturated carbocycles. The minimum atomic E-state index is -0.612. The Kier molecular flexibility index (Phi) is 7.37. The number of hydrogen-bond acceptors (Lipinski definition) is 5. The van der Waals surface area contributed by atoms with Gasteiger partial charge in [0, 0.05) is 44.5 Å². The molecule has 2 amide bonds. The zero-order chi connectivity index (χ0) is 28.3. The van der Waals surface area contributed by atoms with Crippen LogP contribution in [0, 0.1) is 5.82 Å². The second kappa shape index (κ2) is 11.4. The Bertz CT molecular complexity index is 1520. The van der Waals surface area contributed by atoms with Gasteiger partial charge in [-0.2, -0.15) is 0 Å². The fourth-order valence-corrected chi connectivity index (χ4v) is 5.89. The van der Waals surface area contributed by atoms with Crippen LogP contribution in [0.1, 0.15) is 39.0 Å². The van der Waals surface area contributed by atoms with Gasteiger partial charge in [0.1, 0.15) is 17.4 Å². The third-order valence-electron chi connectivity index (χ3n) is 7.99. The molecule has 2 aliphatic rings. The summed E-state index contributed by atoms with van der Waals surface area (Å²) < 4.78 is 19.1. The summed E-state index contributed by atoms with van der Waals surface area (Å²) >= 11 is 0. The van der Waals surface area contributed by atoms with Crippen molar-refractivity contribution in [2.75, 3.05) is 38.2 Å². The van der Waals surface area contributed by atoms with Crippen molar-refractivity contribution in [2.24, 2.45) is 0 Å². The SMILES string of the molecule is COc1ccc([C@H]2[C@@H](C(=O)N3CCN(c4ccccn4)CC3)c3ccccc3C(=O)N2Cc2ccc(F)cc2)cc1. The maximum absolute atomic E-state index is 14.5. The van der Waals surface area contributed by atoms with Crippen LogP contribution < -0.4 is 9.64 Å². The van der Waals surface area contributed by atoms with Crippen molar-refractivity contribution >= 4 is 17.6 Å². The van der Waals surface area contributed by atoms with Crippen LogP contribution in [0.3, 0.4) is 0 Å². The third-order valence-corrected chi connectivity index (χ3v) is 7.99. The number of methoxy groups -OCH3 is 1. The van der Waals surface area contributed by atoms with Crippen LogP contribution in [-0.2, 0) is 11.3 Å². The minimum Gasteiger partial charge on any atom is -0.497 e. The molecule has 3 heterocycles. The highest BCUT2D eigenvalue weighted by Crippen LogP contribution is 2.45. The Labute approximate surface area is 238 Å². The predicted molar refractivity (Wildman–Crippen MR) is 154 cm³/mol. The van der Waals surface area contributed by atoms with Gasteiger partial charge in [-0.15, -0.1) is 0 Å². The number of rotatable bonds is 6. The van der Waals surface area contributed by atoms with E-state index in [0.29, 0.717) is 37.5 Å². The molecule has 1 aromatic heterocycles. The first-order valence-corrected chi connectivity index (χ1v) is 13.8. The van der Waals surface area contributed by atoms with E-state index in [1.165, 1.54) is 12.1 Å². The number of fused-ring (bicyclic) bond motifs is 1. The average Bonchev–Trinajstić information content (AvgIpc) is 3.03. The zero-order valence-corrected chi connectivity index (χ0v) is 22.8. The molecule has 41 heavy (non-hydrogen) atoms. The lowest BCUT2D eigenvalue weighted by atomic mass is 9.78. The van der Waals surface area contributed by atoms with Crippen LogP contribution in [0.25, 0.3) is 0 Å². The zero-order valence-electron chi connectivity index (χ0n) is 22.8. The molecule has 3 aromatic carbocycles. The molecule has 1 saturated heterocycles. The number of pyridine rings is 1. The Balaban J connectivity index is 1.38. The van der Waals surface area contributed by atoms with Crippen LogP contribution in [0.5, 0.6) is 5.75 Å². The maximum Gasteiger partial charge on any atom is 0.255 e. The first kappa shape index (κ1) is 26.5. The standard InChI is InChI=1S/C33H31FN4O3/c1-41-26-15-11-24(12-16-26)31-30(33(40)37-20-18-36(19-21-37)29-8-4-5-17-35-29)27-6-2-3-7-28(27)32(39)38(31)22-23-9-13-25(34)14-10-23/h2-17,30-31H,18-22H2,1H3/t30-,31-/m0/s1. The molecule has 0 bridgehead atoms. The van der Waals surface area contributed by atoms with Gasteiger partial charge >= 0.3 is 0 Å². The molecule has 2 aliphatic heterocycles. The molecule has 0 aliphatic carbocycles. The molecule has 0 N–H and O–H groups in total. The van der Waals surface area contributed by atoms with E-state index in [0.717, 1.165) is 22.5 Å².